The molecule has 3 aromatic heterocycles. The second-order valence-electron chi connectivity index (χ2n) is 12.9. The smallest absolute Gasteiger partial charge is 0.143 e. The molecule has 0 saturated carbocycles. The highest BCUT2D eigenvalue weighted by Crippen LogP contribution is 2.44. The van der Waals surface area contributed by atoms with Crippen molar-refractivity contribution in [3.63, 3.8) is 0 Å². The molecule has 3 heterocycles. The number of hydrogen-bond donors (Lipinski definition) is 0. The topological polar surface area (TPSA) is 16.4 Å². The Balaban J connectivity index is 1.08. The van der Waals surface area contributed by atoms with Crippen molar-refractivity contribution in [1.82, 2.24) is 0 Å². The average molecular weight is 674 g/mol. The minimum atomic E-state index is 0.923. The van der Waals surface area contributed by atoms with Crippen LogP contribution >= 0.6 is 22.7 Å². The monoisotopic (exact) mass is 673 g/mol. The largest absolute Gasteiger partial charge is 0.455 e. The summed E-state index contributed by atoms with van der Waals surface area (Å²) in [6.45, 7) is 0. The van der Waals surface area contributed by atoms with E-state index in [2.05, 4.69) is 157 Å². The van der Waals surface area contributed by atoms with E-state index in [0.717, 1.165) is 44.4 Å². The van der Waals surface area contributed by atoms with Crippen LogP contribution in [-0.4, -0.2) is 0 Å². The minimum Gasteiger partial charge on any atom is -0.455 e. The highest BCUT2D eigenvalue weighted by molar-refractivity contribution is 7.26. The van der Waals surface area contributed by atoms with Crippen LogP contribution in [0.15, 0.2) is 168 Å². The van der Waals surface area contributed by atoms with Gasteiger partial charge in [0.15, 0.2) is 0 Å². The average Bonchev–Trinajstić information content (AvgIpc) is 3.86. The van der Waals surface area contributed by atoms with Crippen LogP contribution < -0.4 is 4.90 Å². The third-order valence-corrected chi connectivity index (χ3v) is 12.4. The molecule has 0 atom stereocenters. The first-order valence-corrected chi connectivity index (χ1v) is 18.5. The summed E-state index contributed by atoms with van der Waals surface area (Å²) in [6.07, 6.45) is 0. The molecule has 8 aromatic carbocycles. The predicted molar refractivity (Wildman–Crippen MR) is 217 cm³/mol. The van der Waals surface area contributed by atoms with Gasteiger partial charge in [0, 0.05) is 73.6 Å². The van der Waals surface area contributed by atoms with E-state index in [-0.39, 0.29) is 0 Å². The fourth-order valence-corrected chi connectivity index (χ4v) is 9.91. The predicted octanol–water partition coefficient (Wildman–Crippen LogP) is 14.6. The molecule has 0 bridgehead atoms. The van der Waals surface area contributed by atoms with Crippen LogP contribution in [0.5, 0.6) is 0 Å². The van der Waals surface area contributed by atoms with E-state index in [1.165, 1.54) is 56.9 Å². The molecule has 0 aliphatic heterocycles. The van der Waals surface area contributed by atoms with E-state index in [4.69, 9.17) is 4.42 Å². The van der Waals surface area contributed by atoms with Gasteiger partial charge in [-0.1, -0.05) is 91.0 Å². The first-order chi connectivity index (χ1) is 24.8. The number of hydrogen-bond acceptors (Lipinski definition) is 4. The number of anilines is 3. The third-order valence-electron chi connectivity index (χ3n) is 10.1. The number of benzene rings is 8. The Hall–Kier alpha value is -5.94. The lowest BCUT2D eigenvalue weighted by Crippen LogP contribution is -2.09. The van der Waals surface area contributed by atoms with Gasteiger partial charge >= 0.3 is 0 Å². The lowest BCUT2D eigenvalue weighted by Gasteiger charge is -2.26. The van der Waals surface area contributed by atoms with E-state index in [1.807, 2.05) is 34.8 Å². The summed E-state index contributed by atoms with van der Waals surface area (Å²) in [5.41, 5.74) is 7.64. The van der Waals surface area contributed by atoms with Crippen LogP contribution in [0.3, 0.4) is 0 Å². The summed E-state index contributed by atoms with van der Waals surface area (Å²) in [5, 5.41) is 9.82. The molecule has 0 unspecified atom stereocenters. The van der Waals surface area contributed by atoms with Crippen LogP contribution in [0.4, 0.5) is 17.1 Å². The summed E-state index contributed by atoms with van der Waals surface area (Å²) >= 11 is 3.71. The number of para-hydroxylation sites is 1. The first-order valence-electron chi connectivity index (χ1n) is 16.8. The van der Waals surface area contributed by atoms with Gasteiger partial charge in [0.25, 0.3) is 0 Å². The first kappa shape index (κ1) is 28.0. The highest BCUT2D eigenvalue weighted by Gasteiger charge is 2.18. The summed E-state index contributed by atoms with van der Waals surface area (Å²) in [5.74, 6) is 0. The molecule has 234 valence electrons. The molecule has 0 spiro atoms. The van der Waals surface area contributed by atoms with E-state index in [9.17, 15) is 0 Å². The van der Waals surface area contributed by atoms with Gasteiger partial charge in [-0.2, -0.15) is 0 Å². The van der Waals surface area contributed by atoms with Crippen molar-refractivity contribution < 1.29 is 4.42 Å². The van der Waals surface area contributed by atoms with Gasteiger partial charge in [-0.25, -0.2) is 0 Å². The van der Waals surface area contributed by atoms with Crippen molar-refractivity contribution in [2.24, 2.45) is 0 Å². The van der Waals surface area contributed by atoms with Gasteiger partial charge in [0.1, 0.15) is 11.2 Å². The maximum atomic E-state index is 6.40. The Kier molecular flexibility index (Phi) is 6.03. The van der Waals surface area contributed by atoms with Gasteiger partial charge in [-0.3, -0.25) is 0 Å². The fraction of sp³-hybridized carbons (Fsp3) is 0. The molecule has 0 amide bonds. The second-order valence-corrected chi connectivity index (χ2v) is 15.0. The SMILES string of the molecule is c1ccc2c(c1)oc1c3cccc(-c4ccc(N(c5ccc6sc7ccccc7c6c5)c5ccc6sc7ccccc7c6c5)cc4)c3ccc21. The molecule has 2 nitrogen and oxygen atoms in total. The molecule has 4 heteroatoms. The molecule has 50 heavy (non-hydrogen) atoms. The van der Waals surface area contributed by atoms with Crippen molar-refractivity contribution in [3.05, 3.63) is 164 Å². The number of nitrogens with zero attached hydrogens (tertiary/aromatic N) is 1. The van der Waals surface area contributed by atoms with Crippen molar-refractivity contribution >= 4 is 113 Å². The van der Waals surface area contributed by atoms with Crippen LogP contribution in [0.2, 0.25) is 0 Å². The Bertz CT molecular complexity index is 2990. The Labute approximate surface area is 295 Å². The lowest BCUT2D eigenvalue weighted by molar-refractivity contribution is 0.672. The highest BCUT2D eigenvalue weighted by atomic mass is 32.1. The van der Waals surface area contributed by atoms with Crippen molar-refractivity contribution in [2.45, 2.75) is 0 Å². The standard InChI is InChI=1S/C46H27NOS2/c1-4-13-41-34(8-1)38-23-22-33-32(11-7-12-37(33)46(38)48-41)28-16-18-29(19-17-28)47(30-20-24-44-39(26-30)35-9-2-5-14-42(35)49-44)31-21-25-45-40(27-31)36-10-3-6-15-43(36)50-45/h1-27H. The molecule has 0 N–H and O–H groups in total. The molecule has 11 aromatic rings. The Morgan fingerprint density at radius 1 is 0.360 bits per heavy atom. The third kappa shape index (κ3) is 4.19. The van der Waals surface area contributed by atoms with Crippen LogP contribution in [0, 0.1) is 0 Å². The molecule has 11 rings (SSSR count). The zero-order chi connectivity index (χ0) is 32.8. The van der Waals surface area contributed by atoms with Gasteiger partial charge < -0.3 is 9.32 Å². The maximum absolute atomic E-state index is 6.40. The fourth-order valence-electron chi connectivity index (χ4n) is 7.74. The quantitative estimate of drug-likeness (QED) is 0.185. The molecular weight excluding hydrogens is 647 g/mol. The van der Waals surface area contributed by atoms with Gasteiger partial charge in [-0.15, -0.1) is 22.7 Å². The molecule has 0 fully saturated rings. The number of fused-ring (bicyclic) bond motifs is 11. The minimum absolute atomic E-state index is 0.923. The van der Waals surface area contributed by atoms with Crippen molar-refractivity contribution in [2.75, 3.05) is 4.90 Å². The maximum Gasteiger partial charge on any atom is 0.143 e. The summed E-state index contributed by atoms with van der Waals surface area (Å²) < 4.78 is 11.6. The van der Waals surface area contributed by atoms with E-state index < -0.39 is 0 Å². The molecule has 0 aliphatic carbocycles. The molecule has 0 radical (unpaired) electrons. The van der Waals surface area contributed by atoms with E-state index >= 15 is 0 Å². The number of thiophene rings is 2. The zero-order valence-electron chi connectivity index (χ0n) is 26.8. The van der Waals surface area contributed by atoms with Crippen molar-refractivity contribution in [3.8, 4) is 11.1 Å². The number of furan rings is 1. The summed E-state index contributed by atoms with van der Waals surface area (Å²) in [4.78, 5) is 2.41. The molecule has 0 saturated heterocycles. The van der Waals surface area contributed by atoms with E-state index in [1.54, 1.807) is 0 Å². The Morgan fingerprint density at radius 2 is 0.880 bits per heavy atom. The van der Waals surface area contributed by atoms with E-state index in [0.29, 0.717) is 0 Å². The van der Waals surface area contributed by atoms with Crippen LogP contribution in [-0.2, 0) is 0 Å². The van der Waals surface area contributed by atoms with Gasteiger partial charge in [-0.05, 0) is 89.3 Å². The molecule has 0 aliphatic rings. The molecular formula is C46H27NOS2. The van der Waals surface area contributed by atoms with Crippen LogP contribution in [0.1, 0.15) is 0 Å². The lowest BCUT2D eigenvalue weighted by atomic mass is 9.96. The van der Waals surface area contributed by atoms with Crippen molar-refractivity contribution in [1.29, 1.82) is 0 Å². The second kappa shape index (κ2) is 10.8. The van der Waals surface area contributed by atoms with Gasteiger partial charge in [0.2, 0.25) is 0 Å². The summed E-state index contributed by atoms with van der Waals surface area (Å²) in [7, 11) is 0. The van der Waals surface area contributed by atoms with Gasteiger partial charge in [0.05, 0.1) is 0 Å². The van der Waals surface area contributed by atoms with Crippen LogP contribution in [0.25, 0.3) is 84.2 Å². The number of rotatable bonds is 4. The summed E-state index contributed by atoms with van der Waals surface area (Å²) in [6, 6.07) is 59.6. The zero-order valence-corrected chi connectivity index (χ0v) is 28.4. The Morgan fingerprint density at radius 3 is 1.56 bits per heavy atom. The normalized spacial score (nSPS) is 12.0.